The SMILES string of the molecule is O=C(O)N1CCN2C[C@H](Oc3ccc(C(F)(F)F)cn3)C[C@H]2C1. The number of hydrogen-bond acceptors (Lipinski definition) is 4. The van der Waals surface area contributed by atoms with Gasteiger partial charge in [-0.15, -0.1) is 0 Å². The van der Waals surface area contributed by atoms with E-state index in [1.165, 1.54) is 11.0 Å². The number of fused-ring (bicyclic) bond motifs is 1. The van der Waals surface area contributed by atoms with Crippen molar-refractivity contribution in [1.82, 2.24) is 14.8 Å². The fraction of sp³-hybridized carbons (Fsp3) is 0.571. The normalized spacial score (nSPS) is 25.3. The van der Waals surface area contributed by atoms with Crippen molar-refractivity contribution < 1.29 is 27.8 Å². The van der Waals surface area contributed by atoms with Crippen molar-refractivity contribution in [3.05, 3.63) is 23.9 Å². The van der Waals surface area contributed by atoms with Crippen molar-refractivity contribution in [1.29, 1.82) is 0 Å². The van der Waals surface area contributed by atoms with Crippen molar-refractivity contribution >= 4 is 6.09 Å². The molecule has 23 heavy (non-hydrogen) atoms. The van der Waals surface area contributed by atoms with Gasteiger partial charge in [-0.1, -0.05) is 0 Å². The molecule has 1 N–H and O–H groups in total. The first-order valence-electron chi connectivity index (χ1n) is 7.25. The van der Waals surface area contributed by atoms with Crippen molar-refractivity contribution in [2.24, 2.45) is 0 Å². The van der Waals surface area contributed by atoms with Gasteiger partial charge in [0.1, 0.15) is 6.10 Å². The van der Waals surface area contributed by atoms with Crippen molar-refractivity contribution in [3.63, 3.8) is 0 Å². The molecule has 1 aromatic heterocycles. The van der Waals surface area contributed by atoms with Gasteiger partial charge in [-0.05, 0) is 6.07 Å². The number of amides is 1. The summed E-state index contributed by atoms with van der Waals surface area (Å²) in [6.07, 6.45) is -4.16. The van der Waals surface area contributed by atoms with Gasteiger partial charge < -0.3 is 14.7 Å². The number of rotatable bonds is 2. The Bertz CT molecular complexity index is 579. The zero-order chi connectivity index (χ0) is 16.6. The number of alkyl halides is 3. The molecule has 0 aromatic carbocycles. The van der Waals surface area contributed by atoms with Gasteiger partial charge in [-0.25, -0.2) is 9.78 Å². The Balaban J connectivity index is 1.59. The van der Waals surface area contributed by atoms with Gasteiger partial charge in [0.05, 0.1) is 5.56 Å². The predicted molar refractivity (Wildman–Crippen MR) is 73.2 cm³/mol. The Morgan fingerprint density at radius 3 is 2.70 bits per heavy atom. The van der Waals surface area contributed by atoms with E-state index in [0.29, 0.717) is 32.6 Å². The lowest BCUT2D eigenvalue weighted by atomic mass is 10.1. The van der Waals surface area contributed by atoms with Crippen molar-refractivity contribution in [2.75, 3.05) is 26.2 Å². The van der Waals surface area contributed by atoms with Crippen LogP contribution in [0.2, 0.25) is 0 Å². The van der Waals surface area contributed by atoms with Crippen LogP contribution in [0.4, 0.5) is 18.0 Å². The molecule has 2 fully saturated rings. The Morgan fingerprint density at radius 1 is 1.30 bits per heavy atom. The number of piperazine rings is 1. The van der Waals surface area contributed by atoms with Crippen LogP contribution in [-0.4, -0.2) is 64.3 Å². The molecule has 6 nitrogen and oxygen atoms in total. The summed E-state index contributed by atoms with van der Waals surface area (Å²) in [6, 6.07) is 2.24. The van der Waals surface area contributed by atoms with Gasteiger partial charge in [0.2, 0.25) is 5.88 Å². The average molecular weight is 331 g/mol. The topological polar surface area (TPSA) is 65.9 Å². The monoisotopic (exact) mass is 331 g/mol. The summed E-state index contributed by atoms with van der Waals surface area (Å²) in [5.41, 5.74) is -0.814. The maximum atomic E-state index is 12.5. The minimum atomic E-state index is -4.42. The predicted octanol–water partition coefficient (Wildman–Crippen LogP) is 1.92. The molecule has 1 aromatic rings. The van der Waals surface area contributed by atoms with E-state index in [2.05, 4.69) is 9.88 Å². The van der Waals surface area contributed by atoms with Crippen LogP contribution in [-0.2, 0) is 6.18 Å². The van der Waals surface area contributed by atoms with Crippen LogP contribution < -0.4 is 4.74 Å². The third kappa shape index (κ3) is 3.49. The number of carbonyl (C=O) groups is 1. The fourth-order valence-corrected chi connectivity index (χ4v) is 3.04. The third-order valence-corrected chi connectivity index (χ3v) is 4.20. The Morgan fingerprint density at radius 2 is 2.09 bits per heavy atom. The highest BCUT2D eigenvalue weighted by atomic mass is 19.4. The highest BCUT2D eigenvalue weighted by Gasteiger charge is 2.38. The third-order valence-electron chi connectivity index (χ3n) is 4.20. The molecule has 2 atom stereocenters. The molecule has 1 amide bonds. The summed E-state index contributed by atoms with van der Waals surface area (Å²) in [4.78, 5) is 18.2. The Hall–Kier alpha value is -2.03. The molecule has 3 rings (SSSR count). The summed E-state index contributed by atoms with van der Waals surface area (Å²) in [5, 5.41) is 9.03. The first-order chi connectivity index (χ1) is 10.8. The number of pyridine rings is 1. The van der Waals surface area contributed by atoms with Crippen LogP contribution in [0.3, 0.4) is 0 Å². The molecule has 2 saturated heterocycles. The number of carboxylic acid groups (broad SMARTS) is 1. The molecule has 3 heterocycles. The highest BCUT2D eigenvalue weighted by molar-refractivity contribution is 5.65. The zero-order valence-corrected chi connectivity index (χ0v) is 12.2. The second-order valence-corrected chi connectivity index (χ2v) is 5.74. The Labute approximate surface area is 130 Å². The van der Waals surface area contributed by atoms with E-state index in [-0.39, 0.29) is 18.0 Å². The molecule has 0 radical (unpaired) electrons. The molecule has 0 bridgehead atoms. The fourth-order valence-electron chi connectivity index (χ4n) is 3.04. The Kier molecular flexibility index (Phi) is 4.05. The van der Waals surface area contributed by atoms with E-state index >= 15 is 0 Å². The lowest BCUT2D eigenvalue weighted by molar-refractivity contribution is -0.137. The maximum Gasteiger partial charge on any atom is 0.417 e. The van der Waals surface area contributed by atoms with Gasteiger partial charge >= 0.3 is 12.3 Å². The summed E-state index contributed by atoms with van der Waals surface area (Å²) >= 11 is 0. The van der Waals surface area contributed by atoms with E-state index in [4.69, 9.17) is 9.84 Å². The lowest BCUT2D eigenvalue weighted by Crippen LogP contribution is -2.51. The van der Waals surface area contributed by atoms with E-state index in [9.17, 15) is 18.0 Å². The molecule has 2 aliphatic rings. The zero-order valence-electron chi connectivity index (χ0n) is 12.2. The highest BCUT2D eigenvalue weighted by Crippen LogP contribution is 2.30. The molecule has 0 unspecified atom stereocenters. The minimum absolute atomic E-state index is 0.0827. The number of hydrogen-bond donors (Lipinski definition) is 1. The molecule has 126 valence electrons. The molecular formula is C14H16F3N3O3. The molecular weight excluding hydrogens is 315 g/mol. The number of halogens is 3. The molecule has 2 aliphatic heterocycles. The second kappa shape index (κ2) is 5.88. The summed E-state index contributed by atoms with van der Waals surface area (Å²) in [5.74, 6) is 0.151. The van der Waals surface area contributed by atoms with E-state index in [0.717, 1.165) is 12.3 Å². The summed E-state index contributed by atoms with van der Waals surface area (Å²) < 4.78 is 43.1. The first-order valence-corrected chi connectivity index (χ1v) is 7.25. The molecule has 0 saturated carbocycles. The van der Waals surface area contributed by atoms with Crippen LogP contribution in [0.1, 0.15) is 12.0 Å². The van der Waals surface area contributed by atoms with Gasteiger partial charge in [0.15, 0.2) is 0 Å². The van der Waals surface area contributed by atoms with Crippen molar-refractivity contribution in [2.45, 2.75) is 24.7 Å². The largest absolute Gasteiger partial charge is 0.473 e. The molecule has 0 aliphatic carbocycles. The van der Waals surface area contributed by atoms with Crippen LogP contribution in [0.25, 0.3) is 0 Å². The van der Waals surface area contributed by atoms with Gasteiger partial charge in [0.25, 0.3) is 0 Å². The lowest BCUT2D eigenvalue weighted by Gasteiger charge is -2.35. The van der Waals surface area contributed by atoms with Gasteiger partial charge in [-0.2, -0.15) is 13.2 Å². The minimum Gasteiger partial charge on any atom is -0.473 e. The van der Waals surface area contributed by atoms with Crippen LogP contribution in [0.5, 0.6) is 5.88 Å². The first kappa shape index (κ1) is 15.9. The molecule has 0 spiro atoms. The maximum absolute atomic E-state index is 12.5. The standard InChI is InChI=1S/C14H16F3N3O3/c15-14(16,17)9-1-2-12(18-6-9)23-11-5-10-7-20(13(21)22)4-3-19(10)8-11/h1-2,6,10-11H,3-5,7-8H2,(H,21,22)/t10-,11+/m0/s1. The number of ether oxygens (including phenoxy) is 1. The van der Waals surface area contributed by atoms with E-state index < -0.39 is 17.8 Å². The summed E-state index contributed by atoms with van der Waals surface area (Å²) in [7, 11) is 0. The van der Waals surface area contributed by atoms with Crippen LogP contribution in [0.15, 0.2) is 18.3 Å². The molecule has 9 heteroatoms. The van der Waals surface area contributed by atoms with Crippen molar-refractivity contribution in [3.8, 4) is 5.88 Å². The average Bonchev–Trinajstić information content (AvgIpc) is 2.87. The van der Waals surface area contributed by atoms with Gasteiger partial charge in [0, 0.05) is 50.9 Å². The quantitative estimate of drug-likeness (QED) is 0.897. The smallest absolute Gasteiger partial charge is 0.417 e. The summed E-state index contributed by atoms with van der Waals surface area (Å²) in [6.45, 7) is 2.14. The van der Waals surface area contributed by atoms with E-state index in [1.807, 2.05) is 0 Å². The van der Waals surface area contributed by atoms with E-state index in [1.54, 1.807) is 0 Å². The van der Waals surface area contributed by atoms with Gasteiger partial charge in [-0.3, -0.25) is 4.90 Å². The second-order valence-electron chi connectivity index (χ2n) is 5.74. The van der Waals surface area contributed by atoms with Crippen LogP contribution in [0, 0.1) is 0 Å². The number of aromatic nitrogens is 1. The van der Waals surface area contributed by atoms with Crippen LogP contribution >= 0.6 is 0 Å². The number of nitrogens with zero attached hydrogens (tertiary/aromatic N) is 3.